The zero-order valence-corrected chi connectivity index (χ0v) is 12.1. The SMILES string of the molecule is Cc1c(Cl)cccc1S(=O)(=O)NCc1cccs1. The summed E-state index contributed by atoms with van der Waals surface area (Å²) in [5.41, 5.74) is 0.567. The van der Waals surface area contributed by atoms with Crippen molar-refractivity contribution in [1.82, 2.24) is 4.72 Å². The van der Waals surface area contributed by atoms with Crippen molar-refractivity contribution in [1.29, 1.82) is 0 Å². The lowest BCUT2D eigenvalue weighted by molar-refractivity contribution is 0.581. The second-order valence-corrected chi connectivity index (χ2v) is 6.94. The molecule has 1 aromatic heterocycles. The van der Waals surface area contributed by atoms with Crippen molar-refractivity contribution in [3.05, 3.63) is 51.2 Å². The highest BCUT2D eigenvalue weighted by atomic mass is 35.5. The summed E-state index contributed by atoms with van der Waals surface area (Å²) in [5.74, 6) is 0. The van der Waals surface area contributed by atoms with Crippen molar-refractivity contribution in [3.63, 3.8) is 0 Å². The molecule has 3 nitrogen and oxygen atoms in total. The van der Waals surface area contributed by atoms with Crippen LogP contribution >= 0.6 is 22.9 Å². The monoisotopic (exact) mass is 301 g/mol. The van der Waals surface area contributed by atoms with Crippen LogP contribution in [-0.2, 0) is 16.6 Å². The Hall–Kier alpha value is -0.880. The average Bonchev–Trinajstić information content (AvgIpc) is 2.83. The van der Waals surface area contributed by atoms with E-state index in [-0.39, 0.29) is 4.90 Å². The number of thiophene rings is 1. The molecule has 0 saturated carbocycles. The Kier molecular flexibility index (Phi) is 4.07. The topological polar surface area (TPSA) is 46.2 Å². The smallest absolute Gasteiger partial charge is 0.207 e. The highest BCUT2D eigenvalue weighted by Crippen LogP contribution is 2.22. The van der Waals surface area contributed by atoms with Gasteiger partial charge in [-0.25, -0.2) is 13.1 Å². The molecule has 2 rings (SSSR count). The number of hydrogen-bond acceptors (Lipinski definition) is 3. The van der Waals surface area contributed by atoms with Gasteiger partial charge in [0.05, 0.1) is 4.90 Å². The highest BCUT2D eigenvalue weighted by molar-refractivity contribution is 7.89. The van der Waals surface area contributed by atoms with Gasteiger partial charge in [0, 0.05) is 16.4 Å². The second kappa shape index (κ2) is 5.40. The first kappa shape index (κ1) is 13.5. The lowest BCUT2D eigenvalue weighted by Gasteiger charge is -2.09. The Morgan fingerprint density at radius 2 is 2.06 bits per heavy atom. The average molecular weight is 302 g/mol. The normalized spacial score (nSPS) is 11.7. The van der Waals surface area contributed by atoms with Gasteiger partial charge in [-0.2, -0.15) is 0 Å². The van der Waals surface area contributed by atoms with Gasteiger partial charge in [0.1, 0.15) is 0 Å². The van der Waals surface area contributed by atoms with E-state index in [1.165, 1.54) is 11.3 Å². The molecule has 6 heteroatoms. The van der Waals surface area contributed by atoms with Crippen molar-refractivity contribution in [3.8, 4) is 0 Å². The number of benzene rings is 1. The molecule has 0 radical (unpaired) electrons. The van der Waals surface area contributed by atoms with Crippen molar-refractivity contribution in [2.24, 2.45) is 0 Å². The Bertz CT molecular complexity index is 636. The Balaban J connectivity index is 2.23. The van der Waals surface area contributed by atoms with Gasteiger partial charge in [-0.3, -0.25) is 0 Å². The molecule has 1 heterocycles. The molecule has 2 aromatic rings. The van der Waals surface area contributed by atoms with E-state index < -0.39 is 10.0 Å². The van der Waals surface area contributed by atoms with Crippen molar-refractivity contribution in [2.75, 3.05) is 0 Å². The van der Waals surface area contributed by atoms with Crippen LogP contribution in [0.3, 0.4) is 0 Å². The number of hydrogen-bond donors (Lipinski definition) is 1. The van der Waals surface area contributed by atoms with E-state index in [2.05, 4.69) is 4.72 Å². The summed E-state index contributed by atoms with van der Waals surface area (Å²) in [6.45, 7) is 1.99. The van der Waals surface area contributed by atoms with Gasteiger partial charge in [0.2, 0.25) is 10.0 Å². The third-order valence-corrected chi connectivity index (χ3v) is 5.36. The quantitative estimate of drug-likeness (QED) is 0.942. The first-order valence-electron chi connectivity index (χ1n) is 5.28. The molecule has 0 spiro atoms. The predicted molar refractivity (Wildman–Crippen MR) is 74.5 cm³/mol. The molecule has 1 aromatic carbocycles. The van der Waals surface area contributed by atoms with Gasteiger partial charge in [0.25, 0.3) is 0 Å². The van der Waals surface area contributed by atoms with E-state index in [1.54, 1.807) is 25.1 Å². The van der Waals surface area contributed by atoms with Crippen molar-refractivity contribution >= 4 is 33.0 Å². The van der Waals surface area contributed by atoms with Crippen LogP contribution in [0.4, 0.5) is 0 Å². The van der Waals surface area contributed by atoms with Crippen LogP contribution in [0, 0.1) is 6.92 Å². The summed E-state index contributed by atoms with van der Waals surface area (Å²) in [5, 5.41) is 2.36. The highest BCUT2D eigenvalue weighted by Gasteiger charge is 2.17. The number of halogens is 1. The fraction of sp³-hybridized carbons (Fsp3) is 0.167. The van der Waals surface area contributed by atoms with Crippen molar-refractivity contribution in [2.45, 2.75) is 18.4 Å². The summed E-state index contributed by atoms with van der Waals surface area (Å²) in [7, 11) is -3.52. The van der Waals surface area contributed by atoms with Gasteiger partial charge < -0.3 is 0 Å². The Labute approximate surface area is 115 Å². The zero-order chi connectivity index (χ0) is 13.2. The molecule has 0 bridgehead atoms. The van der Waals surface area contributed by atoms with Gasteiger partial charge in [-0.15, -0.1) is 11.3 Å². The zero-order valence-electron chi connectivity index (χ0n) is 9.68. The predicted octanol–water partition coefficient (Wildman–Crippen LogP) is 3.19. The number of sulfonamides is 1. The minimum atomic E-state index is -3.52. The second-order valence-electron chi connectivity index (χ2n) is 3.77. The van der Waals surface area contributed by atoms with E-state index in [0.717, 1.165) is 4.88 Å². The number of rotatable bonds is 4. The minimum absolute atomic E-state index is 0.228. The number of nitrogens with one attached hydrogen (secondary N) is 1. The fourth-order valence-corrected chi connectivity index (χ4v) is 3.77. The van der Waals surface area contributed by atoms with Crippen LogP contribution in [0.1, 0.15) is 10.4 Å². The lowest BCUT2D eigenvalue weighted by Crippen LogP contribution is -2.23. The summed E-state index contributed by atoms with van der Waals surface area (Å²) in [4.78, 5) is 1.20. The maximum atomic E-state index is 12.1. The molecule has 0 saturated heterocycles. The van der Waals surface area contributed by atoms with Crippen LogP contribution in [0.15, 0.2) is 40.6 Å². The first-order chi connectivity index (χ1) is 8.50. The summed E-state index contributed by atoms with van der Waals surface area (Å²) < 4.78 is 26.8. The molecule has 18 heavy (non-hydrogen) atoms. The van der Waals surface area contributed by atoms with Crippen LogP contribution in [-0.4, -0.2) is 8.42 Å². The van der Waals surface area contributed by atoms with E-state index in [1.807, 2.05) is 17.5 Å². The summed E-state index contributed by atoms with van der Waals surface area (Å²) in [6.07, 6.45) is 0. The molecule has 0 fully saturated rings. The Morgan fingerprint density at radius 3 is 2.72 bits per heavy atom. The molecule has 96 valence electrons. The van der Waals surface area contributed by atoms with E-state index >= 15 is 0 Å². The van der Waals surface area contributed by atoms with Gasteiger partial charge in [-0.05, 0) is 36.1 Å². The van der Waals surface area contributed by atoms with Gasteiger partial charge in [0.15, 0.2) is 0 Å². The largest absolute Gasteiger partial charge is 0.241 e. The lowest BCUT2D eigenvalue weighted by atomic mass is 10.2. The molecular weight excluding hydrogens is 290 g/mol. The van der Waals surface area contributed by atoms with E-state index in [9.17, 15) is 8.42 Å². The van der Waals surface area contributed by atoms with Gasteiger partial charge >= 0.3 is 0 Å². The maximum Gasteiger partial charge on any atom is 0.241 e. The van der Waals surface area contributed by atoms with E-state index in [4.69, 9.17) is 11.6 Å². The van der Waals surface area contributed by atoms with Crippen LogP contribution < -0.4 is 4.72 Å². The summed E-state index contributed by atoms with van der Waals surface area (Å²) >= 11 is 7.44. The molecule has 0 aliphatic rings. The van der Waals surface area contributed by atoms with Crippen molar-refractivity contribution < 1.29 is 8.42 Å². The molecule has 0 aliphatic heterocycles. The van der Waals surface area contributed by atoms with Crippen LogP contribution in [0.2, 0.25) is 5.02 Å². The Morgan fingerprint density at radius 1 is 1.28 bits per heavy atom. The standard InChI is InChI=1S/C12H12ClNO2S2/c1-9-11(13)5-2-6-12(9)18(15,16)14-8-10-4-3-7-17-10/h2-7,14H,8H2,1H3. The molecule has 0 amide bonds. The molecule has 0 aliphatic carbocycles. The maximum absolute atomic E-state index is 12.1. The van der Waals surface area contributed by atoms with E-state index in [0.29, 0.717) is 17.1 Å². The molecule has 0 unspecified atom stereocenters. The first-order valence-corrected chi connectivity index (χ1v) is 8.02. The molecular formula is C12H12ClNO2S2. The van der Waals surface area contributed by atoms with Crippen LogP contribution in [0.5, 0.6) is 0 Å². The minimum Gasteiger partial charge on any atom is -0.207 e. The molecule has 1 N–H and O–H groups in total. The molecule has 0 atom stereocenters. The third kappa shape index (κ3) is 2.92. The van der Waals surface area contributed by atoms with Gasteiger partial charge in [-0.1, -0.05) is 23.7 Å². The van der Waals surface area contributed by atoms with Crippen LogP contribution in [0.25, 0.3) is 0 Å². The third-order valence-electron chi connectivity index (χ3n) is 2.52. The fourth-order valence-electron chi connectivity index (χ4n) is 1.54. The summed E-state index contributed by atoms with van der Waals surface area (Å²) in [6, 6.07) is 8.64.